The van der Waals surface area contributed by atoms with E-state index in [-0.39, 0.29) is 0 Å². The topological polar surface area (TPSA) is 56.3 Å². The van der Waals surface area contributed by atoms with Crippen molar-refractivity contribution < 1.29 is 9.26 Å². The predicted octanol–water partition coefficient (Wildman–Crippen LogP) is 2.47. The Morgan fingerprint density at radius 2 is 2.27 bits per heavy atom. The summed E-state index contributed by atoms with van der Waals surface area (Å²) in [6.45, 7) is 10.3. The molecule has 0 spiro atoms. The van der Waals surface area contributed by atoms with Crippen LogP contribution in [0.25, 0.3) is 0 Å². The fourth-order valence-electron chi connectivity index (χ4n) is 3.11. The quantitative estimate of drug-likeness (QED) is 0.767. The van der Waals surface area contributed by atoms with Gasteiger partial charge in [-0.25, -0.2) is 0 Å². The largest absolute Gasteiger partial charge is 0.382 e. The SMILES string of the molecule is CCOCC[C@@H]1CN(Cc2c(C)noc2C)Cc2ccnn21. The summed E-state index contributed by atoms with van der Waals surface area (Å²) in [6, 6.07) is 2.47. The number of aryl methyl sites for hydroxylation is 2. The molecule has 3 heterocycles. The van der Waals surface area contributed by atoms with E-state index >= 15 is 0 Å². The third kappa shape index (κ3) is 3.08. The Bertz CT molecular complexity index is 600. The number of hydrogen-bond donors (Lipinski definition) is 0. The molecule has 0 saturated carbocycles. The summed E-state index contributed by atoms with van der Waals surface area (Å²) >= 11 is 0. The minimum absolute atomic E-state index is 0.366. The fourth-order valence-corrected chi connectivity index (χ4v) is 3.11. The van der Waals surface area contributed by atoms with Crippen molar-refractivity contribution in [1.29, 1.82) is 0 Å². The van der Waals surface area contributed by atoms with Crippen LogP contribution >= 0.6 is 0 Å². The molecule has 0 N–H and O–H groups in total. The average Bonchev–Trinajstić information content (AvgIpc) is 3.09. The van der Waals surface area contributed by atoms with Crippen molar-refractivity contribution >= 4 is 0 Å². The van der Waals surface area contributed by atoms with Gasteiger partial charge in [0.05, 0.1) is 17.4 Å². The Kier molecular flexibility index (Phi) is 4.59. The van der Waals surface area contributed by atoms with E-state index in [4.69, 9.17) is 9.26 Å². The van der Waals surface area contributed by atoms with Gasteiger partial charge in [0.1, 0.15) is 5.76 Å². The van der Waals surface area contributed by atoms with Crippen LogP contribution in [0.1, 0.15) is 42.1 Å². The molecule has 1 atom stereocenters. The van der Waals surface area contributed by atoms with Gasteiger partial charge < -0.3 is 9.26 Å². The first-order valence-electron chi connectivity index (χ1n) is 7.93. The van der Waals surface area contributed by atoms with Crippen LogP contribution in [0, 0.1) is 13.8 Å². The van der Waals surface area contributed by atoms with Gasteiger partial charge in [-0.1, -0.05) is 5.16 Å². The molecule has 0 aromatic carbocycles. The maximum atomic E-state index is 5.52. The van der Waals surface area contributed by atoms with Crippen molar-refractivity contribution in [3.63, 3.8) is 0 Å². The van der Waals surface area contributed by atoms with Crippen molar-refractivity contribution in [2.24, 2.45) is 0 Å². The number of ether oxygens (including phenoxy) is 1. The maximum Gasteiger partial charge on any atom is 0.138 e. The second-order valence-corrected chi connectivity index (χ2v) is 5.88. The third-order valence-electron chi connectivity index (χ3n) is 4.32. The van der Waals surface area contributed by atoms with Crippen molar-refractivity contribution in [2.75, 3.05) is 19.8 Å². The summed E-state index contributed by atoms with van der Waals surface area (Å²) < 4.78 is 13.0. The molecule has 0 bridgehead atoms. The standard InChI is InChI=1S/C16H24N4O2/c1-4-21-8-6-15-10-19(9-14-5-7-17-20(14)15)11-16-12(2)18-22-13(16)3/h5,7,15H,4,6,8-11H2,1-3H3/t15-/m1/s1. The van der Waals surface area contributed by atoms with Crippen LogP contribution in [0.3, 0.4) is 0 Å². The highest BCUT2D eigenvalue weighted by atomic mass is 16.5. The normalized spacial score (nSPS) is 18.6. The van der Waals surface area contributed by atoms with Gasteiger partial charge in [0.2, 0.25) is 0 Å². The van der Waals surface area contributed by atoms with Crippen LogP contribution in [0.4, 0.5) is 0 Å². The number of aromatic nitrogens is 3. The molecule has 0 unspecified atom stereocenters. The first-order chi connectivity index (χ1) is 10.7. The summed E-state index contributed by atoms with van der Waals surface area (Å²) in [7, 11) is 0. The van der Waals surface area contributed by atoms with E-state index in [9.17, 15) is 0 Å². The second-order valence-electron chi connectivity index (χ2n) is 5.88. The molecule has 0 saturated heterocycles. The lowest BCUT2D eigenvalue weighted by atomic mass is 10.1. The summed E-state index contributed by atoms with van der Waals surface area (Å²) in [4.78, 5) is 2.44. The zero-order valence-corrected chi connectivity index (χ0v) is 13.6. The zero-order valence-electron chi connectivity index (χ0n) is 13.6. The zero-order chi connectivity index (χ0) is 15.5. The Hall–Kier alpha value is -1.66. The van der Waals surface area contributed by atoms with Crippen LogP contribution in [-0.4, -0.2) is 39.6 Å². The summed E-state index contributed by atoms with van der Waals surface area (Å²) in [6.07, 6.45) is 2.88. The van der Waals surface area contributed by atoms with Crippen LogP contribution in [0.5, 0.6) is 0 Å². The lowest BCUT2D eigenvalue weighted by molar-refractivity contribution is 0.103. The minimum Gasteiger partial charge on any atom is -0.382 e. The highest BCUT2D eigenvalue weighted by molar-refractivity contribution is 5.21. The molecule has 0 aliphatic carbocycles. The van der Waals surface area contributed by atoms with Gasteiger partial charge in [0.25, 0.3) is 0 Å². The molecule has 0 fully saturated rings. The first-order valence-corrected chi connectivity index (χ1v) is 7.93. The molecule has 0 amide bonds. The third-order valence-corrected chi connectivity index (χ3v) is 4.32. The van der Waals surface area contributed by atoms with E-state index in [1.54, 1.807) is 0 Å². The molecule has 1 aliphatic rings. The second kappa shape index (κ2) is 6.62. The summed E-state index contributed by atoms with van der Waals surface area (Å²) in [5.74, 6) is 0.919. The van der Waals surface area contributed by atoms with Crippen molar-refractivity contribution in [1.82, 2.24) is 19.8 Å². The predicted molar refractivity (Wildman–Crippen MR) is 82.5 cm³/mol. The van der Waals surface area contributed by atoms with Crippen molar-refractivity contribution in [3.8, 4) is 0 Å². The molecule has 3 rings (SSSR count). The van der Waals surface area contributed by atoms with Gasteiger partial charge >= 0.3 is 0 Å². The lowest BCUT2D eigenvalue weighted by Crippen LogP contribution is -2.37. The van der Waals surface area contributed by atoms with Crippen molar-refractivity contribution in [2.45, 2.75) is 46.3 Å². The lowest BCUT2D eigenvalue weighted by Gasteiger charge is -2.33. The van der Waals surface area contributed by atoms with Gasteiger partial charge in [-0.05, 0) is 33.3 Å². The molecule has 2 aromatic heterocycles. The molecular formula is C16H24N4O2. The smallest absolute Gasteiger partial charge is 0.138 e. The molecule has 22 heavy (non-hydrogen) atoms. The Morgan fingerprint density at radius 1 is 1.41 bits per heavy atom. The molecular weight excluding hydrogens is 280 g/mol. The van der Waals surface area contributed by atoms with Gasteiger partial charge in [0, 0.05) is 44.6 Å². The van der Waals surface area contributed by atoms with E-state index in [0.29, 0.717) is 6.04 Å². The van der Waals surface area contributed by atoms with E-state index in [0.717, 1.165) is 50.7 Å². The Labute approximate surface area is 131 Å². The summed E-state index contributed by atoms with van der Waals surface area (Å²) in [5.41, 5.74) is 3.46. The van der Waals surface area contributed by atoms with Crippen LogP contribution < -0.4 is 0 Å². The average molecular weight is 304 g/mol. The maximum absolute atomic E-state index is 5.52. The number of rotatable bonds is 6. The highest BCUT2D eigenvalue weighted by Gasteiger charge is 2.26. The molecule has 6 nitrogen and oxygen atoms in total. The minimum atomic E-state index is 0.366. The number of hydrogen-bond acceptors (Lipinski definition) is 5. The van der Waals surface area contributed by atoms with E-state index in [1.807, 2.05) is 27.0 Å². The molecule has 120 valence electrons. The molecule has 0 radical (unpaired) electrons. The number of nitrogens with zero attached hydrogens (tertiary/aromatic N) is 4. The monoisotopic (exact) mass is 304 g/mol. The van der Waals surface area contributed by atoms with E-state index < -0.39 is 0 Å². The molecule has 2 aromatic rings. The van der Waals surface area contributed by atoms with Gasteiger partial charge in [-0.15, -0.1) is 0 Å². The van der Waals surface area contributed by atoms with Crippen molar-refractivity contribution in [3.05, 3.63) is 35.0 Å². The summed E-state index contributed by atoms with van der Waals surface area (Å²) in [5, 5.41) is 8.54. The van der Waals surface area contributed by atoms with Gasteiger partial charge in [-0.2, -0.15) is 5.10 Å². The Morgan fingerprint density at radius 3 is 3.00 bits per heavy atom. The first kappa shape index (κ1) is 15.2. The van der Waals surface area contributed by atoms with E-state index in [1.165, 1.54) is 11.3 Å². The van der Waals surface area contributed by atoms with Gasteiger partial charge in [0.15, 0.2) is 0 Å². The van der Waals surface area contributed by atoms with E-state index in [2.05, 4.69) is 25.9 Å². The highest BCUT2D eigenvalue weighted by Crippen LogP contribution is 2.25. The van der Waals surface area contributed by atoms with Gasteiger partial charge in [-0.3, -0.25) is 9.58 Å². The Balaban J connectivity index is 1.72. The molecule has 1 aliphatic heterocycles. The van der Waals surface area contributed by atoms with Crippen LogP contribution in [-0.2, 0) is 17.8 Å². The molecule has 6 heteroatoms. The number of fused-ring (bicyclic) bond motifs is 1. The van der Waals surface area contributed by atoms with Crippen LogP contribution in [0.15, 0.2) is 16.8 Å². The fraction of sp³-hybridized carbons (Fsp3) is 0.625. The van der Waals surface area contributed by atoms with Crippen LogP contribution in [0.2, 0.25) is 0 Å².